The van der Waals surface area contributed by atoms with E-state index < -0.39 is 6.10 Å². The molecule has 0 unspecified atom stereocenters. The van der Waals surface area contributed by atoms with Crippen LogP contribution >= 0.6 is 0 Å². The minimum Gasteiger partial charge on any atom is -0.497 e. The molecule has 0 aliphatic heterocycles. The third-order valence-electron chi connectivity index (χ3n) is 2.66. The molecule has 2 aromatic rings. The van der Waals surface area contributed by atoms with Crippen LogP contribution in [0.25, 0.3) is 0 Å². The van der Waals surface area contributed by atoms with Gasteiger partial charge in [-0.25, -0.2) is 4.98 Å². The van der Waals surface area contributed by atoms with Gasteiger partial charge in [-0.2, -0.15) is 0 Å². The summed E-state index contributed by atoms with van der Waals surface area (Å²) in [5.41, 5.74) is 0. The maximum absolute atomic E-state index is 11.9. The van der Waals surface area contributed by atoms with Crippen LogP contribution in [0, 0.1) is 0 Å². The summed E-state index contributed by atoms with van der Waals surface area (Å²) in [5, 5.41) is 2.68. The lowest BCUT2D eigenvalue weighted by Gasteiger charge is -2.14. The number of nitrogens with zero attached hydrogens (tertiary/aromatic N) is 1. The van der Waals surface area contributed by atoms with E-state index in [1.54, 1.807) is 62.7 Å². The number of benzene rings is 1. The van der Waals surface area contributed by atoms with Crippen LogP contribution < -0.4 is 14.8 Å². The average molecular weight is 272 g/mol. The highest BCUT2D eigenvalue weighted by Crippen LogP contribution is 2.18. The molecule has 0 aliphatic rings. The molecule has 104 valence electrons. The standard InChI is InChI=1S/C15H16N2O3/c1-11(15(18)17-14-5-3-4-10-16-14)20-13-8-6-12(19-2)7-9-13/h3-11H,1-2H3,(H,16,17,18)/t11-/m1/s1. The van der Waals surface area contributed by atoms with E-state index in [1.165, 1.54) is 0 Å². The lowest BCUT2D eigenvalue weighted by atomic mass is 10.3. The minimum atomic E-state index is -0.620. The molecule has 1 aromatic heterocycles. The molecule has 0 radical (unpaired) electrons. The second-order valence-electron chi connectivity index (χ2n) is 4.14. The van der Waals surface area contributed by atoms with Gasteiger partial charge in [-0.05, 0) is 43.3 Å². The van der Waals surface area contributed by atoms with Crippen LogP contribution in [0.15, 0.2) is 48.7 Å². The second kappa shape index (κ2) is 6.56. The Morgan fingerprint density at radius 1 is 1.15 bits per heavy atom. The van der Waals surface area contributed by atoms with E-state index in [4.69, 9.17) is 9.47 Å². The van der Waals surface area contributed by atoms with E-state index >= 15 is 0 Å². The molecule has 0 bridgehead atoms. The normalized spacial score (nSPS) is 11.5. The number of hydrogen-bond acceptors (Lipinski definition) is 4. The lowest BCUT2D eigenvalue weighted by Crippen LogP contribution is -2.30. The van der Waals surface area contributed by atoms with Crippen molar-refractivity contribution in [1.82, 2.24) is 4.98 Å². The first-order chi connectivity index (χ1) is 9.69. The van der Waals surface area contributed by atoms with Crippen LogP contribution in [0.1, 0.15) is 6.92 Å². The van der Waals surface area contributed by atoms with Crippen LogP contribution in [0.2, 0.25) is 0 Å². The molecule has 5 heteroatoms. The van der Waals surface area contributed by atoms with Crippen molar-refractivity contribution in [3.8, 4) is 11.5 Å². The number of anilines is 1. The molecule has 0 aliphatic carbocycles. The molecule has 5 nitrogen and oxygen atoms in total. The first-order valence-electron chi connectivity index (χ1n) is 6.21. The predicted octanol–water partition coefficient (Wildman–Crippen LogP) is 2.50. The predicted molar refractivity (Wildman–Crippen MR) is 76.0 cm³/mol. The van der Waals surface area contributed by atoms with Gasteiger partial charge in [-0.1, -0.05) is 6.07 Å². The van der Waals surface area contributed by atoms with Crippen molar-refractivity contribution < 1.29 is 14.3 Å². The van der Waals surface area contributed by atoms with Gasteiger partial charge in [0.05, 0.1) is 7.11 Å². The first-order valence-corrected chi connectivity index (χ1v) is 6.21. The Labute approximate surface area is 117 Å². The Kier molecular flexibility index (Phi) is 4.55. The molecule has 0 saturated carbocycles. The summed E-state index contributed by atoms with van der Waals surface area (Å²) in [6.45, 7) is 1.68. The van der Waals surface area contributed by atoms with Crippen LogP contribution in [-0.2, 0) is 4.79 Å². The van der Waals surface area contributed by atoms with Gasteiger partial charge < -0.3 is 14.8 Å². The van der Waals surface area contributed by atoms with Gasteiger partial charge in [-0.15, -0.1) is 0 Å². The van der Waals surface area contributed by atoms with Crippen LogP contribution in [0.4, 0.5) is 5.82 Å². The fraction of sp³-hybridized carbons (Fsp3) is 0.200. The summed E-state index contributed by atoms with van der Waals surface area (Å²) in [4.78, 5) is 16.0. The number of carbonyl (C=O) groups excluding carboxylic acids is 1. The van der Waals surface area contributed by atoms with Crippen molar-refractivity contribution >= 4 is 11.7 Å². The number of amides is 1. The summed E-state index contributed by atoms with van der Waals surface area (Å²) >= 11 is 0. The molecule has 0 fully saturated rings. The van der Waals surface area contributed by atoms with E-state index in [2.05, 4.69) is 10.3 Å². The minimum absolute atomic E-state index is 0.250. The average Bonchev–Trinajstić information content (AvgIpc) is 2.49. The van der Waals surface area contributed by atoms with Gasteiger partial charge in [0.25, 0.3) is 5.91 Å². The molecule has 0 spiro atoms. The van der Waals surface area contributed by atoms with Crippen molar-refractivity contribution in [3.63, 3.8) is 0 Å². The number of aromatic nitrogens is 1. The van der Waals surface area contributed by atoms with Gasteiger partial charge in [-0.3, -0.25) is 4.79 Å². The highest BCUT2D eigenvalue weighted by Gasteiger charge is 2.15. The van der Waals surface area contributed by atoms with E-state index in [-0.39, 0.29) is 5.91 Å². The van der Waals surface area contributed by atoms with Crippen molar-refractivity contribution in [1.29, 1.82) is 0 Å². The fourth-order valence-electron chi connectivity index (χ4n) is 1.58. The molecule has 1 atom stereocenters. The number of ether oxygens (including phenoxy) is 2. The van der Waals surface area contributed by atoms with E-state index in [1.807, 2.05) is 0 Å². The van der Waals surface area contributed by atoms with E-state index in [0.29, 0.717) is 11.6 Å². The number of methoxy groups -OCH3 is 1. The van der Waals surface area contributed by atoms with E-state index in [9.17, 15) is 4.79 Å². The van der Waals surface area contributed by atoms with Crippen molar-refractivity contribution in [2.45, 2.75) is 13.0 Å². The number of pyridine rings is 1. The third-order valence-corrected chi connectivity index (χ3v) is 2.66. The van der Waals surface area contributed by atoms with Crippen LogP contribution in [0.5, 0.6) is 11.5 Å². The van der Waals surface area contributed by atoms with Gasteiger partial charge in [0, 0.05) is 6.20 Å². The Morgan fingerprint density at radius 2 is 1.85 bits per heavy atom. The van der Waals surface area contributed by atoms with Gasteiger partial charge in [0.1, 0.15) is 17.3 Å². The number of nitrogens with one attached hydrogen (secondary N) is 1. The Hall–Kier alpha value is -2.56. The number of hydrogen-bond donors (Lipinski definition) is 1. The smallest absolute Gasteiger partial charge is 0.266 e. The molecule has 1 N–H and O–H groups in total. The van der Waals surface area contributed by atoms with Crippen molar-refractivity contribution in [2.75, 3.05) is 12.4 Å². The number of carbonyl (C=O) groups is 1. The maximum Gasteiger partial charge on any atom is 0.266 e. The monoisotopic (exact) mass is 272 g/mol. The molecule has 2 rings (SSSR count). The van der Waals surface area contributed by atoms with Crippen molar-refractivity contribution in [3.05, 3.63) is 48.7 Å². The lowest BCUT2D eigenvalue weighted by molar-refractivity contribution is -0.122. The molecular weight excluding hydrogens is 256 g/mol. The van der Waals surface area contributed by atoms with Crippen molar-refractivity contribution in [2.24, 2.45) is 0 Å². The van der Waals surface area contributed by atoms with E-state index in [0.717, 1.165) is 5.75 Å². The summed E-state index contributed by atoms with van der Waals surface area (Å²) in [6.07, 6.45) is 0.996. The summed E-state index contributed by atoms with van der Waals surface area (Å²) in [7, 11) is 1.60. The molecule has 1 aromatic carbocycles. The number of rotatable bonds is 5. The molecular formula is C15H16N2O3. The Bertz CT molecular complexity index is 555. The quantitative estimate of drug-likeness (QED) is 0.908. The zero-order valence-corrected chi connectivity index (χ0v) is 11.4. The molecule has 1 amide bonds. The van der Waals surface area contributed by atoms with Crippen LogP contribution in [0.3, 0.4) is 0 Å². The Balaban J connectivity index is 1.93. The summed E-state index contributed by atoms with van der Waals surface area (Å²) < 4.78 is 10.6. The fourth-order valence-corrected chi connectivity index (χ4v) is 1.58. The zero-order valence-electron chi connectivity index (χ0n) is 11.4. The zero-order chi connectivity index (χ0) is 14.4. The summed E-state index contributed by atoms with van der Waals surface area (Å²) in [6, 6.07) is 12.4. The van der Waals surface area contributed by atoms with Gasteiger partial charge in [0.2, 0.25) is 0 Å². The maximum atomic E-state index is 11.9. The summed E-state index contributed by atoms with van der Waals surface area (Å²) in [5.74, 6) is 1.60. The molecule has 20 heavy (non-hydrogen) atoms. The first kappa shape index (κ1) is 13.9. The highest BCUT2D eigenvalue weighted by atomic mass is 16.5. The highest BCUT2D eigenvalue weighted by molar-refractivity contribution is 5.93. The SMILES string of the molecule is COc1ccc(O[C@H](C)C(=O)Nc2ccccn2)cc1. The Morgan fingerprint density at radius 3 is 2.45 bits per heavy atom. The largest absolute Gasteiger partial charge is 0.497 e. The van der Waals surface area contributed by atoms with Crippen LogP contribution in [-0.4, -0.2) is 24.1 Å². The van der Waals surface area contributed by atoms with Gasteiger partial charge in [0.15, 0.2) is 6.10 Å². The topological polar surface area (TPSA) is 60.5 Å². The second-order valence-corrected chi connectivity index (χ2v) is 4.14. The van der Waals surface area contributed by atoms with Gasteiger partial charge >= 0.3 is 0 Å². The molecule has 0 saturated heterocycles. The third kappa shape index (κ3) is 3.71. The molecule has 1 heterocycles.